The van der Waals surface area contributed by atoms with E-state index in [9.17, 15) is 9.59 Å². The van der Waals surface area contributed by atoms with Crippen LogP contribution in [0.5, 0.6) is 0 Å². The van der Waals surface area contributed by atoms with Crippen LogP contribution in [0.25, 0.3) is 0 Å². The number of hydrogen-bond acceptors (Lipinski definition) is 5. The summed E-state index contributed by atoms with van der Waals surface area (Å²) in [6.07, 6.45) is -1.72. The molecule has 0 bridgehead atoms. The normalized spacial score (nSPS) is 12.1. The number of aromatic nitrogens is 1. The Morgan fingerprint density at radius 2 is 1.44 bits per heavy atom. The van der Waals surface area contributed by atoms with Crippen LogP contribution in [-0.4, -0.2) is 28.4 Å². The van der Waals surface area contributed by atoms with Crippen molar-refractivity contribution in [2.75, 3.05) is 4.90 Å². The summed E-state index contributed by atoms with van der Waals surface area (Å²) in [6.45, 7) is 10.3. The molecule has 0 radical (unpaired) electrons. The Labute approximate surface area is 173 Å². The van der Waals surface area contributed by atoms with Crippen molar-refractivity contribution in [3.63, 3.8) is 0 Å². The molecule has 0 aliphatic heterocycles. The van der Waals surface area contributed by atoms with Crippen molar-refractivity contribution >= 4 is 65.8 Å². The molecule has 0 atom stereocenters. The molecule has 1 heterocycles. The van der Waals surface area contributed by atoms with E-state index in [4.69, 9.17) is 9.47 Å². The molecule has 1 aromatic heterocycles. The molecular formula is C16H21Br3N2O4. The van der Waals surface area contributed by atoms with Crippen molar-refractivity contribution in [3.05, 3.63) is 22.3 Å². The fraction of sp³-hybridized carbons (Fsp3) is 0.562. The van der Waals surface area contributed by atoms with Gasteiger partial charge in [0.05, 0.1) is 5.69 Å². The second kappa shape index (κ2) is 8.35. The van der Waals surface area contributed by atoms with E-state index in [2.05, 4.69) is 52.8 Å². The highest BCUT2D eigenvalue weighted by atomic mass is 79.9. The number of nitrogens with zero attached hydrogens (tertiary/aromatic N) is 2. The van der Waals surface area contributed by atoms with Gasteiger partial charge in [0.15, 0.2) is 0 Å². The van der Waals surface area contributed by atoms with Crippen LogP contribution < -0.4 is 4.90 Å². The monoisotopic (exact) mass is 542 g/mol. The Hall–Kier alpha value is -0.670. The first kappa shape index (κ1) is 22.4. The zero-order chi connectivity index (χ0) is 19.6. The molecule has 0 aliphatic rings. The molecule has 140 valence electrons. The smallest absolute Gasteiger partial charge is 0.425 e. The summed E-state index contributed by atoms with van der Waals surface area (Å²) in [6, 6.07) is 3.22. The first-order valence-corrected chi connectivity index (χ1v) is 10.0. The number of rotatable bonds is 2. The zero-order valence-electron chi connectivity index (χ0n) is 14.9. The van der Waals surface area contributed by atoms with Gasteiger partial charge < -0.3 is 9.47 Å². The summed E-state index contributed by atoms with van der Waals surface area (Å²) in [5, 5.41) is 0. The van der Waals surface area contributed by atoms with Crippen LogP contribution in [0.2, 0.25) is 0 Å². The molecule has 0 spiro atoms. The molecule has 0 aliphatic carbocycles. The molecule has 0 unspecified atom stereocenters. The van der Waals surface area contributed by atoms with E-state index in [-0.39, 0.29) is 9.55 Å². The van der Waals surface area contributed by atoms with Crippen LogP contribution in [0, 0.1) is 0 Å². The quantitative estimate of drug-likeness (QED) is 0.408. The van der Waals surface area contributed by atoms with Gasteiger partial charge in [0.1, 0.15) is 20.8 Å². The number of carbonyl (C=O) groups is 2. The summed E-state index contributed by atoms with van der Waals surface area (Å²) in [7, 11) is 0. The molecule has 0 N–H and O–H groups in total. The SMILES string of the molecule is CC(C)(C)OC(=O)N(C(=O)OC(C)(C)C)c1ccc(Br)c(C(Br)Br)n1. The van der Waals surface area contributed by atoms with Crippen molar-refractivity contribution in [2.24, 2.45) is 0 Å². The van der Waals surface area contributed by atoms with Crippen LogP contribution in [-0.2, 0) is 9.47 Å². The number of pyridine rings is 1. The number of imide groups is 1. The maximum atomic E-state index is 12.6. The maximum absolute atomic E-state index is 12.6. The third kappa shape index (κ3) is 7.22. The summed E-state index contributed by atoms with van der Waals surface area (Å²) in [5.74, 6) is 0.102. The van der Waals surface area contributed by atoms with E-state index in [1.165, 1.54) is 6.07 Å². The van der Waals surface area contributed by atoms with Crippen molar-refractivity contribution in [3.8, 4) is 0 Å². The summed E-state index contributed by atoms with van der Waals surface area (Å²) < 4.78 is 11.1. The van der Waals surface area contributed by atoms with Gasteiger partial charge in [-0.2, -0.15) is 4.90 Å². The van der Waals surface area contributed by atoms with Gasteiger partial charge in [-0.3, -0.25) is 0 Å². The van der Waals surface area contributed by atoms with E-state index in [0.29, 0.717) is 10.2 Å². The third-order valence-corrected chi connectivity index (χ3v) is 3.98. The topological polar surface area (TPSA) is 68.7 Å². The number of halogens is 3. The maximum Gasteiger partial charge on any atom is 0.425 e. The Kier molecular flexibility index (Phi) is 7.47. The van der Waals surface area contributed by atoms with Crippen molar-refractivity contribution < 1.29 is 19.1 Å². The highest BCUT2D eigenvalue weighted by Gasteiger charge is 2.34. The number of ether oxygens (including phenoxy) is 2. The number of carbonyl (C=O) groups excluding carboxylic acids is 2. The van der Waals surface area contributed by atoms with E-state index < -0.39 is 23.4 Å². The Balaban J connectivity index is 3.34. The highest BCUT2D eigenvalue weighted by Crippen LogP contribution is 2.34. The van der Waals surface area contributed by atoms with Crippen LogP contribution in [0.4, 0.5) is 15.4 Å². The average Bonchev–Trinajstić information content (AvgIpc) is 2.36. The summed E-state index contributed by atoms with van der Waals surface area (Å²) >= 11 is 10.1. The number of alkyl halides is 2. The molecule has 1 rings (SSSR count). The van der Waals surface area contributed by atoms with E-state index in [0.717, 1.165) is 4.90 Å². The van der Waals surface area contributed by atoms with Crippen molar-refractivity contribution in [2.45, 2.75) is 56.5 Å². The van der Waals surface area contributed by atoms with E-state index >= 15 is 0 Å². The predicted molar refractivity (Wildman–Crippen MR) is 107 cm³/mol. The van der Waals surface area contributed by atoms with Crippen LogP contribution in [0.15, 0.2) is 16.6 Å². The second-order valence-electron chi connectivity index (χ2n) is 7.13. The molecule has 2 amide bonds. The largest absolute Gasteiger partial charge is 0.443 e. The lowest BCUT2D eigenvalue weighted by atomic mass is 10.2. The van der Waals surface area contributed by atoms with E-state index in [1.807, 2.05) is 0 Å². The molecule has 0 saturated carbocycles. The lowest BCUT2D eigenvalue weighted by Crippen LogP contribution is -2.44. The van der Waals surface area contributed by atoms with Crippen molar-refractivity contribution in [1.29, 1.82) is 0 Å². The fourth-order valence-electron chi connectivity index (χ4n) is 1.60. The lowest BCUT2D eigenvalue weighted by molar-refractivity contribution is 0.0429. The van der Waals surface area contributed by atoms with Gasteiger partial charge in [-0.15, -0.1) is 0 Å². The average molecular weight is 545 g/mol. The minimum absolute atomic E-state index is 0.102. The molecular weight excluding hydrogens is 524 g/mol. The Morgan fingerprint density at radius 1 is 1.00 bits per heavy atom. The fourth-order valence-corrected chi connectivity index (χ4v) is 3.36. The highest BCUT2D eigenvalue weighted by molar-refractivity contribution is 9.24. The zero-order valence-corrected chi connectivity index (χ0v) is 19.7. The van der Waals surface area contributed by atoms with Crippen LogP contribution in [0.3, 0.4) is 0 Å². The standard InChI is InChI=1S/C16H21Br3N2O4/c1-15(2,3)24-13(22)21(14(23)25-16(4,5)6)10-8-7-9(17)11(20-10)12(18)19/h7-8,12H,1-6H3. The second-order valence-corrected chi connectivity index (χ2v) is 11.0. The van der Waals surface area contributed by atoms with Gasteiger partial charge in [0, 0.05) is 4.47 Å². The first-order valence-electron chi connectivity index (χ1n) is 7.42. The Morgan fingerprint density at radius 3 is 1.80 bits per heavy atom. The van der Waals surface area contributed by atoms with Gasteiger partial charge in [-0.1, -0.05) is 31.9 Å². The summed E-state index contributed by atoms with van der Waals surface area (Å²) in [5.41, 5.74) is -0.985. The predicted octanol–water partition coefficient (Wildman–Crippen LogP) is 6.31. The first-order chi connectivity index (χ1) is 11.2. The van der Waals surface area contributed by atoms with Gasteiger partial charge >= 0.3 is 12.2 Å². The van der Waals surface area contributed by atoms with E-state index in [1.54, 1.807) is 47.6 Å². The number of amides is 2. The molecule has 1 aromatic rings. The van der Waals surface area contributed by atoms with Gasteiger partial charge in [-0.25, -0.2) is 14.6 Å². The molecule has 6 nitrogen and oxygen atoms in total. The molecule has 0 saturated heterocycles. The number of hydrogen-bond donors (Lipinski definition) is 0. The van der Waals surface area contributed by atoms with Crippen LogP contribution >= 0.6 is 47.8 Å². The molecule has 9 heteroatoms. The molecule has 0 fully saturated rings. The van der Waals surface area contributed by atoms with Gasteiger partial charge in [0.25, 0.3) is 0 Å². The third-order valence-electron chi connectivity index (χ3n) is 2.45. The summed E-state index contributed by atoms with van der Waals surface area (Å²) in [4.78, 5) is 30.3. The lowest BCUT2D eigenvalue weighted by Gasteiger charge is -2.28. The van der Waals surface area contributed by atoms with Gasteiger partial charge in [0.2, 0.25) is 0 Å². The molecule has 25 heavy (non-hydrogen) atoms. The van der Waals surface area contributed by atoms with Crippen LogP contribution in [0.1, 0.15) is 51.0 Å². The van der Waals surface area contributed by atoms with Crippen molar-refractivity contribution in [1.82, 2.24) is 4.98 Å². The van der Waals surface area contributed by atoms with Gasteiger partial charge in [-0.05, 0) is 69.6 Å². The minimum Gasteiger partial charge on any atom is -0.443 e. The minimum atomic E-state index is -0.858. The number of anilines is 1. The Bertz CT molecular complexity index is 624. The molecule has 0 aromatic carbocycles.